The fourth-order valence-corrected chi connectivity index (χ4v) is 7.62. The zero-order valence-corrected chi connectivity index (χ0v) is 20.2. The summed E-state index contributed by atoms with van der Waals surface area (Å²) in [6, 6.07) is 2.77. The number of nitrogens with one attached hydrogen (secondary N) is 1. The number of aromatic nitrogens is 2. The van der Waals surface area contributed by atoms with Crippen LogP contribution in [0.2, 0.25) is 0 Å². The molecule has 2 aromatic rings. The van der Waals surface area contributed by atoms with Crippen molar-refractivity contribution >= 4 is 33.1 Å². The Bertz CT molecular complexity index is 914. The predicted molar refractivity (Wildman–Crippen MR) is 132 cm³/mol. The quantitative estimate of drug-likeness (QED) is 0.718. The molecule has 6 nitrogen and oxygen atoms in total. The lowest BCUT2D eigenvalue weighted by molar-refractivity contribution is 0.0545. The van der Waals surface area contributed by atoms with E-state index in [1.54, 1.807) is 0 Å². The highest BCUT2D eigenvalue weighted by molar-refractivity contribution is 7.17. The minimum Gasteiger partial charge on any atom is -0.381 e. The molecule has 0 bridgehead atoms. The van der Waals surface area contributed by atoms with Crippen molar-refractivity contribution in [3.63, 3.8) is 0 Å². The van der Waals surface area contributed by atoms with Gasteiger partial charge >= 0.3 is 0 Å². The Balaban J connectivity index is 1.09. The fourth-order valence-electron chi connectivity index (χ4n) is 6.71. The van der Waals surface area contributed by atoms with E-state index in [2.05, 4.69) is 33.5 Å². The third-order valence-corrected chi connectivity index (χ3v) is 9.26. The number of anilines is 2. The van der Waals surface area contributed by atoms with Crippen LogP contribution in [0, 0.1) is 23.7 Å². The van der Waals surface area contributed by atoms with E-state index in [1.165, 1.54) is 68.2 Å². The van der Waals surface area contributed by atoms with Gasteiger partial charge in [0.15, 0.2) is 11.6 Å². The second-order valence-electron chi connectivity index (χ2n) is 10.8. The molecule has 4 atom stereocenters. The van der Waals surface area contributed by atoms with Crippen molar-refractivity contribution < 1.29 is 4.74 Å². The number of piperidine rings is 1. The molecule has 0 spiro atoms. The molecule has 4 fully saturated rings. The molecule has 3 saturated heterocycles. The molecule has 5 heterocycles. The lowest BCUT2D eigenvalue weighted by Crippen LogP contribution is -2.35. The van der Waals surface area contributed by atoms with Gasteiger partial charge in [0.25, 0.3) is 0 Å². The Kier molecular flexibility index (Phi) is 5.99. The van der Waals surface area contributed by atoms with Crippen LogP contribution < -0.4 is 10.2 Å². The van der Waals surface area contributed by atoms with Crippen LogP contribution in [0.4, 0.5) is 11.6 Å². The highest BCUT2D eigenvalue weighted by Crippen LogP contribution is 2.41. The smallest absolute Gasteiger partial charge is 0.169 e. The van der Waals surface area contributed by atoms with E-state index in [9.17, 15) is 0 Å². The van der Waals surface area contributed by atoms with Gasteiger partial charge in [-0.05, 0) is 73.6 Å². The highest BCUT2D eigenvalue weighted by atomic mass is 32.1. The maximum Gasteiger partial charge on any atom is 0.169 e. The second kappa shape index (κ2) is 9.07. The summed E-state index contributed by atoms with van der Waals surface area (Å²) in [5, 5.41) is 16.7. The molecule has 174 valence electrons. The topological polar surface area (TPSA) is 53.5 Å². The zero-order chi connectivity index (χ0) is 21.5. The SMILES string of the molecule is C[C@H]1CCCN(c2nnc(N[C@H]3C[C@@H]4CN(CC5CCOCC5)C[C@@H]4C3)c3ccsc23)C1. The van der Waals surface area contributed by atoms with Crippen molar-refractivity contribution in [2.24, 2.45) is 23.7 Å². The molecule has 0 unspecified atom stereocenters. The monoisotopic (exact) mass is 455 g/mol. The van der Waals surface area contributed by atoms with Gasteiger partial charge in [-0.25, -0.2) is 0 Å². The van der Waals surface area contributed by atoms with Crippen LogP contribution >= 0.6 is 11.3 Å². The number of hydrogen-bond acceptors (Lipinski definition) is 7. The van der Waals surface area contributed by atoms with Crippen LogP contribution in [0.1, 0.15) is 45.4 Å². The van der Waals surface area contributed by atoms with Crippen LogP contribution in [0.25, 0.3) is 10.1 Å². The lowest BCUT2D eigenvalue weighted by atomic mass is 10.00. The van der Waals surface area contributed by atoms with Crippen molar-refractivity contribution in [3.05, 3.63) is 11.4 Å². The van der Waals surface area contributed by atoms with E-state index in [4.69, 9.17) is 14.9 Å². The van der Waals surface area contributed by atoms with E-state index in [1.807, 2.05) is 11.3 Å². The summed E-state index contributed by atoms with van der Waals surface area (Å²) in [5.41, 5.74) is 0. The van der Waals surface area contributed by atoms with Crippen LogP contribution in [0.15, 0.2) is 11.4 Å². The molecule has 0 radical (unpaired) electrons. The van der Waals surface area contributed by atoms with Gasteiger partial charge in [0.2, 0.25) is 0 Å². The van der Waals surface area contributed by atoms with E-state index >= 15 is 0 Å². The van der Waals surface area contributed by atoms with E-state index < -0.39 is 0 Å². The summed E-state index contributed by atoms with van der Waals surface area (Å²) < 4.78 is 6.84. The van der Waals surface area contributed by atoms with Gasteiger partial charge in [-0.1, -0.05) is 6.92 Å². The molecule has 3 aliphatic heterocycles. The summed E-state index contributed by atoms with van der Waals surface area (Å²) in [5.74, 6) is 5.36. The van der Waals surface area contributed by atoms with Gasteiger partial charge in [0.05, 0.1) is 4.70 Å². The number of likely N-dealkylation sites (tertiary alicyclic amines) is 1. The number of ether oxygens (including phenoxy) is 1. The minimum atomic E-state index is 0.536. The van der Waals surface area contributed by atoms with Crippen LogP contribution in [0.3, 0.4) is 0 Å². The average molecular weight is 456 g/mol. The van der Waals surface area contributed by atoms with E-state index in [-0.39, 0.29) is 0 Å². The van der Waals surface area contributed by atoms with E-state index in [0.29, 0.717) is 6.04 Å². The molecule has 32 heavy (non-hydrogen) atoms. The maximum absolute atomic E-state index is 5.54. The first-order chi connectivity index (χ1) is 15.7. The highest BCUT2D eigenvalue weighted by Gasteiger charge is 2.41. The summed E-state index contributed by atoms with van der Waals surface area (Å²) in [6.07, 6.45) is 7.62. The molecule has 7 heteroatoms. The Morgan fingerprint density at radius 2 is 1.91 bits per heavy atom. The summed E-state index contributed by atoms with van der Waals surface area (Å²) >= 11 is 1.81. The Morgan fingerprint density at radius 1 is 1.09 bits per heavy atom. The van der Waals surface area contributed by atoms with Crippen LogP contribution in [-0.2, 0) is 4.74 Å². The molecule has 4 aliphatic rings. The standard InChI is InChI=1S/C25H37N5OS/c1-17-3-2-7-30(13-17)25-23-22(6-10-32-23)24(27-28-25)26-21-11-19-15-29(16-20(19)12-21)14-18-4-8-31-9-5-18/h6,10,17-21H,2-5,7-9,11-16H2,1H3,(H,26,27)/t17-,19-,20+,21+/m0/s1. The summed E-state index contributed by atoms with van der Waals surface area (Å²) in [6.45, 7) is 10.3. The maximum atomic E-state index is 5.54. The summed E-state index contributed by atoms with van der Waals surface area (Å²) in [7, 11) is 0. The molecule has 2 aromatic heterocycles. The molecular weight excluding hydrogens is 418 g/mol. The normalized spacial score (nSPS) is 32.0. The van der Waals surface area contributed by atoms with Gasteiger partial charge in [-0.3, -0.25) is 0 Å². The number of hydrogen-bond donors (Lipinski definition) is 1. The number of nitrogens with zero attached hydrogens (tertiary/aromatic N) is 4. The fraction of sp³-hybridized carbons (Fsp3) is 0.760. The van der Waals surface area contributed by atoms with Gasteiger partial charge in [-0.2, -0.15) is 0 Å². The first-order valence-corrected chi connectivity index (χ1v) is 13.7. The number of rotatable bonds is 5. The third kappa shape index (κ3) is 4.24. The average Bonchev–Trinajstić information content (AvgIpc) is 3.50. The molecule has 1 N–H and O–H groups in total. The minimum absolute atomic E-state index is 0.536. The first kappa shape index (κ1) is 21.1. The molecule has 0 aromatic carbocycles. The first-order valence-electron chi connectivity index (χ1n) is 12.8. The van der Waals surface area contributed by atoms with E-state index in [0.717, 1.165) is 61.6 Å². The molecule has 1 aliphatic carbocycles. The molecule has 1 saturated carbocycles. The van der Waals surface area contributed by atoms with Crippen molar-refractivity contribution in [1.82, 2.24) is 15.1 Å². The number of thiophene rings is 1. The van der Waals surface area contributed by atoms with Crippen molar-refractivity contribution in [1.29, 1.82) is 0 Å². The molecular formula is C25H37N5OS. The van der Waals surface area contributed by atoms with Gasteiger partial charge in [-0.15, -0.1) is 21.5 Å². The van der Waals surface area contributed by atoms with Crippen LogP contribution in [-0.4, -0.2) is 67.1 Å². The van der Waals surface area contributed by atoms with Crippen LogP contribution in [0.5, 0.6) is 0 Å². The van der Waals surface area contributed by atoms with Crippen molar-refractivity contribution in [2.45, 2.75) is 51.5 Å². The molecule has 6 rings (SSSR count). The van der Waals surface area contributed by atoms with Crippen molar-refractivity contribution in [3.8, 4) is 0 Å². The Labute approximate surface area is 195 Å². The lowest BCUT2D eigenvalue weighted by Gasteiger charge is -2.32. The second-order valence-corrected chi connectivity index (χ2v) is 11.8. The third-order valence-electron chi connectivity index (χ3n) is 8.35. The van der Waals surface area contributed by atoms with Gasteiger partial charge in [0, 0.05) is 57.4 Å². The summed E-state index contributed by atoms with van der Waals surface area (Å²) in [4.78, 5) is 5.20. The Hall–Kier alpha value is -1.44. The zero-order valence-electron chi connectivity index (χ0n) is 19.3. The predicted octanol–water partition coefficient (Wildman–Crippen LogP) is 4.48. The van der Waals surface area contributed by atoms with Crippen molar-refractivity contribution in [2.75, 3.05) is 56.2 Å². The number of fused-ring (bicyclic) bond motifs is 2. The largest absolute Gasteiger partial charge is 0.381 e. The molecule has 0 amide bonds. The van der Waals surface area contributed by atoms with Gasteiger partial charge < -0.3 is 19.9 Å². The van der Waals surface area contributed by atoms with Gasteiger partial charge in [0.1, 0.15) is 0 Å². The Morgan fingerprint density at radius 3 is 2.69 bits per heavy atom.